The molecule has 0 fully saturated rings. The molecule has 0 aromatic heterocycles. The lowest BCUT2D eigenvalue weighted by molar-refractivity contribution is -0.118. The molecular formula is C16H18N2O5S. The fourth-order valence-corrected chi connectivity index (χ4v) is 2.49. The molecule has 3 N–H and O–H groups in total. The van der Waals surface area contributed by atoms with Gasteiger partial charge in [-0.1, -0.05) is 18.2 Å². The molecule has 128 valence electrons. The smallest absolute Gasteiger partial charge is 0.262 e. The summed E-state index contributed by atoms with van der Waals surface area (Å²) in [4.78, 5) is 11.9. The van der Waals surface area contributed by atoms with E-state index >= 15 is 0 Å². The first-order valence-electron chi connectivity index (χ1n) is 7.17. The number of ether oxygens (including phenoxy) is 2. The minimum Gasteiger partial charge on any atom is -0.490 e. The van der Waals surface area contributed by atoms with E-state index in [1.807, 2.05) is 6.92 Å². The first-order chi connectivity index (χ1) is 11.4. The maximum absolute atomic E-state index is 12.0. The van der Waals surface area contributed by atoms with E-state index < -0.39 is 15.9 Å². The second-order valence-corrected chi connectivity index (χ2v) is 6.35. The Bertz CT molecular complexity index is 821. The van der Waals surface area contributed by atoms with Crippen molar-refractivity contribution in [2.45, 2.75) is 11.8 Å². The number of hydrogen-bond donors (Lipinski definition) is 2. The molecule has 1 amide bonds. The molecule has 0 atom stereocenters. The van der Waals surface area contributed by atoms with Crippen LogP contribution in [0.25, 0.3) is 0 Å². The van der Waals surface area contributed by atoms with Gasteiger partial charge in [0.05, 0.1) is 11.5 Å². The third-order valence-electron chi connectivity index (χ3n) is 2.95. The van der Waals surface area contributed by atoms with E-state index in [4.69, 9.17) is 14.6 Å². The summed E-state index contributed by atoms with van der Waals surface area (Å²) in [6.07, 6.45) is 0. The van der Waals surface area contributed by atoms with Crippen molar-refractivity contribution in [2.75, 3.05) is 18.5 Å². The highest BCUT2D eigenvalue weighted by Crippen LogP contribution is 2.26. The largest absolute Gasteiger partial charge is 0.490 e. The normalized spacial score (nSPS) is 10.9. The number of carbonyl (C=O) groups excluding carboxylic acids is 1. The van der Waals surface area contributed by atoms with Crippen molar-refractivity contribution >= 4 is 21.6 Å². The van der Waals surface area contributed by atoms with Gasteiger partial charge in [0.2, 0.25) is 10.0 Å². The molecule has 24 heavy (non-hydrogen) atoms. The summed E-state index contributed by atoms with van der Waals surface area (Å²) in [5.41, 5.74) is 0.313. The van der Waals surface area contributed by atoms with Gasteiger partial charge in [0, 0.05) is 5.69 Å². The highest BCUT2D eigenvalue weighted by atomic mass is 32.2. The molecule has 0 heterocycles. The molecule has 0 saturated carbocycles. The number of rotatable bonds is 7. The molecule has 0 radical (unpaired) electrons. The Morgan fingerprint density at radius 3 is 2.38 bits per heavy atom. The van der Waals surface area contributed by atoms with Crippen LogP contribution in [0, 0.1) is 0 Å². The van der Waals surface area contributed by atoms with Crippen LogP contribution in [0.4, 0.5) is 5.69 Å². The summed E-state index contributed by atoms with van der Waals surface area (Å²) in [6, 6.07) is 12.7. The van der Waals surface area contributed by atoms with Crippen LogP contribution >= 0.6 is 0 Å². The van der Waals surface area contributed by atoms with Gasteiger partial charge < -0.3 is 14.8 Å². The predicted octanol–water partition coefficient (Wildman–Crippen LogP) is 1.75. The van der Waals surface area contributed by atoms with Crippen molar-refractivity contribution in [3.05, 3.63) is 48.5 Å². The maximum atomic E-state index is 12.0. The van der Waals surface area contributed by atoms with E-state index in [0.29, 0.717) is 23.8 Å². The first-order valence-corrected chi connectivity index (χ1v) is 8.72. The Morgan fingerprint density at radius 2 is 1.75 bits per heavy atom. The molecule has 0 aliphatic heterocycles. The molecule has 0 saturated heterocycles. The topological polar surface area (TPSA) is 108 Å². The van der Waals surface area contributed by atoms with Gasteiger partial charge in [0.15, 0.2) is 18.1 Å². The maximum Gasteiger partial charge on any atom is 0.262 e. The fraction of sp³-hybridized carbons (Fsp3) is 0.188. The standard InChI is InChI=1S/C16H18N2O5S/c1-2-22-14-8-3-4-9-15(14)23-11-16(19)18-12-6-5-7-13(10-12)24(17,20)21/h3-10H,2,11H2,1H3,(H,18,19)(H2,17,20,21). The van der Waals surface area contributed by atoms with Crippen LogP contribution in [0.1, 0.15) is 6.92 Å². The predicted molar refractivity (Wildman–Crippen MR) is 89.6 cm³/mol. The van der Waals surface area contributed by atoms with Crippen LogP contribution in [0.5, 0.6) is 11.5 Å². The van der Waals surface area contributed by atoms with E-state index in [-0.39, 0.29) is 11.5 Å². The zero-order valence-corrected chi connectivity index (χ0v) is 13.9. The van der Waals surface area contributed by atoms with Gasteiger partial charge in [-0.25, -0.2) is 13.6 Å². The zero-order chi connectivity index (χ0) is 17.6. The molecule has 2 aromatic rings. The Hall–Kier alpha value is -2.58. The third-order valence-corrected chi connectivity index (χ3v) is 3.87. The van der Waals surface area contributed by atoms with Crippen LogP contribution in [0.15, 0.2) is 53.4 Å². The van der Waals surface area contributed by atoms with Crippen LogP contribution in [-0.2, 0) is 14.8 Å². The number of anilines is 1. The highest BCUT2D eigenvalue weighted by Gasteiger charge is 2.11. The second kappa shape index (κ2) is 7.80. The minimum atomic E-state index is -3.83. The molecule has 0 bridgehead atoms. The molecule has 0 unspecified atom stereocenters. The van der Waals surface area contributed by atoms with E-state index in [1.165, 1.54) is 18.2 Å². The average Bonchev–Trinajstić information content (AvgIpc) is 2.54. The monoisotopic (exact) mass is 350 g/mol. The number of nitrogens with two attached hydrogens (primary N) is 1. The number of nitrogens with one attached hydrogen (secondary N) is 1. The molecule has 0 aliphatic carbocycles. The first kappa shape index (κ1) is 17.8. The van der Waals surface area contributed by atoms with E-state index in [2.05, 4.69) is 5.32 Å². The summed E-state index contributed by atoms with van der Waals surface area (Å²) >= 11 is 0. The molecule has 2 rings (SSSR count). The summed E-state index contributed by atoms with van der Waals surface area (Å²) in [7, 11) is -3.83. The number of para-hydroxylation sites is 2. The summed E-state index contributed by atoms with van der Waals surface area (Å²) in [5, 5.41) is 7.61. The van der Waals surface area contributed by atoms with Gasteiger partial charge in [-0.2, -0.15) is 0 Å². The van der Waals surface area contributed by atoms with Gasteiger partial charge in [-0.15, -0.1) is 0 Å². The number of benzene rings is 2. The second-order valence-electron chi connectivity index (χ2n) is 4.79. The third kappa shape index (κ3) is 4.97. The van der Waals surface area contributed by atoms with Crippen molar-refractivity contribution in [2.24, 2.45) is 5.14 Å². The van der Waals surface area contributed by atoms with Gasteiger partial charge in [0.25, 0.3) is 5.91 Å². The van der Waals surface area contributed by atoms with E-state index in [1.54, 1.807) is 30.3 Å². The Balaban J connectivity index is 2.00. The zero-order valence-electron chi connectivity index (χ0n) is 13.1. The molecule has 0 aliphatic rings. The van der Waals surface area contributed by atoms with Crippen molar-refractivity contribution in [3.8, 4) is 11.5 Å². The van der Waals surface area contributed by atoms with Gasteiger partial charge in [0.1, 0.15) is 0 Å². The van der Waals surface area contributed by atoms with E-state index in [0.717, 1.165) is 0 Å². The molecule has 2 aromatic carbocycles. The van der Waals surface area contributed by atoms with Crippen LogP contribution in [0.2, 0.25) is 0 Å². The van der Waals surface area contributed by atoms with Crippen molar-refractivity contribution in [3.63, 3.8) is 0 Å². The summed E-state index contributed by atoms with van der Waals surface area (Å²) in [5.74, 6) is 0.560. The number of primary sulfonamides is 1. The van der Waals surface area contributed by atoms with Crippen LogP contribution in [0.3, 0.4) is 0 Å². The van der Waals surface area contributed by atoms with Gasteiger partial charge in [-0.3, -0.25) is 4.79 Å². The average molecular weight is 350 g/mol. The Kier molecular flexibility index (Phi) is 5.78. The summed E-state index contributed by atoms with van der Waals surface area (Å²) < 4.78 is 33.5. The number of sulfonamides is 1. The van der Waals surface area contributed by atoms with Crippen LogP contribution < -0.4 is 19.9 Å². The van der Waals surface area contributed by atoms with Crippen molar-refractivity contribution in [1.82, 2.24) is 0 Å². The molecule has 0 spiro atoms. The number of hydrogen-bond acceptors (Lipinski definition) is 5. The highest BCUT2D eigenvalue weighted by molar-refractivity contribution is 7.89. The van der Waals surface area contributed by atoms with Gasteiger partial charge in [-0.05, 0) is 37.3 Å². The lowest BCUT2D eigenvalue weighted by Crippen LogP contribution is -2.21. The SMILES string of the molecule is CCOc1ccccc1OCC(=O)Nc1cccc(S(N)(=O)=O)c1. The van der Waals surface area contributed by atoms with Crippen molar-refractivity contribution < 1.29 is 22.7 Å². The van der Waals surface area contributed by atoms with Crippen LogP contribution in [-0.4, -0.2) is 27.5 Å². The number of amides is 1. The van der Waals surface area contributed by atoms with E-state index in [9.17, 15) is 13.2 Å². The minimum absolute atomic E-state index is 0.0806. The molecule has 7 nitrogen and oxygen atoms in total. The Morgan fingerprint density at radius 1 is 1.08 bits per heavy atom. The molecule has 8 heteroatoms. The lowest BCUT2D eigenvalue weighted by atomic mass is 10.3. The van der Waals surface area contributed by atoms with Crippen molar-refractivity contribution in [1.29, 1.82) is 0 Å². The number of carbonyl (C=O) groups is 1. The quantitative estimate of drug-likeness (QED) is 0.791. The molecular weight excluding hydrogens is 332 g/mol. The lowest BCUT2D eigenvalue weighted by Gasteiger charge is -2.12. The fourth-order valence-electron chi connectivity index (χ4n) is 1.94. The Labute approximate surface area is 140 Å². The van der Waals surface area contributed by atoms with Gasteiger partial charge >= 0.3 is 0 Å². The summed E-state index contributed by atoms with van der Waals surface area (Å²) in [6.45, 7) is 2.08.